The zero-order valence-electron chi connectivity index (χ0n) is 11.2. The highest BCUT2D eigenvalue weighted by Crippen LogP contribution is 2.19. The Morgan fingerprint density at radius 1 is 1.05 bits per heavy atom. The van der Waals surface area contributed by atoms with Gasteiger partial charge in [0, 0.05) is 30.0 Å². The van der Waals surface area contributed by atoms with Crippen molar-refractivity contribution < 1.29 is 10.2 Å². The van der Waals surface area contributed by atoms with Crippen LogP contribution in [0.25, 0.3) is 0 Å². The number of hydrogen-bond acceptors (Lipinski definition) is 4. The van der Waals surface area contributed by atoms with Gasteiger partial charge in [0.05, 0.1) is 0 Å². The largest absolute Gasteiger partial charge is 0.508 e. The van der Waals surface area contributed by atoms with Crippen molar-refractivity contribution in [2.45, 2.75) is 26.7 Å². The maximum Gasteiger partial charge on any atom is 0.133 e. The smallest absolute Gasteiger partial charge is 0.133 e. The van der Waals surface area contributed by atoms with Crippen LogP contribution in [0, 0.1) is 13.8 Å². The molecule has 0 amide bonds. The molecule has 0 aliphatic rings. The SMILES string of the molecule is Cc1nc(Cc2ccccc2O)nc(C)c1CCO. The fraction of sp³-hybridized carbons (Fsp3) is 0.333. The second-order valence-corrected chi connectivity index (χ2v) is 4.57. The molecular formula is C15H18N2O2. The molecule has 0 saturated carbocycles. The molecular weight excluding hydrogens is 240 g/mol. The summed E-state index contributed by atoms with van der Waals surface area (Å²) in [6.45, 7) is 3.95. The zero-order chi connectivity index (χ0) is 13.8. The first-order chi connectivity index (χ1) is 9.11. The summed E-state index contributed by atoms with van der Waals surface area (Å²) in [5.74, 6) is 0.957. The third-order valence-corrected chi connectivity index (χ3v) is 3.17. The van der Waals surface area contributed by atoms with Crippen molar-refractivity contribution in [3.8, 4) is 5.75 Å². The van der Waals surface area contributed by atoms with Crippen molar-refractivity contribution in [2.75, 3.05) is 6.61 Å². The molecule has 4 heteroatoms. The van der Waals surface area contributed by atoms with Crippen LogP contribution in [-0.4, -0.2) is 26.8 Å². The molecule has 1 aromatic heterocycles. The van der Waals surface area contributed by atoms with Crippen molar-refractivity contribution in [2.24, 2.45) is 0 Å². The van der Waals surface area contributed by atoms with Gasteiger partial charge in [-0.3, -0.25) is 0 Å². The van der Waals surface area contributed by atoms with Gasteiger partial charge in [0.25, 0.3) is 0 Å². The Kier molecular flexibility index (Phi) is 4.12. The van der Waals surface area contributed by atoms with E-state index in [1.165, 1.54) is 0 Å². The minimum absolute atomic E-state index is 0.101. The molecule has 2 N–H and O–H groups in total. The Bertz CT molecular complexity index is 559. The number of aliphatic hydroxyl groups excluding tert-OH is 1. The Hall–Kier alpha value is -1.94. The third-order valence-electron chi connectivity index (χ3n) is 3.17. The van der Waals surface area contributed by atoms with Crippen LogP contribution in [0.5, 0.6) is 5.75 Å². The van der Waals surface area contributed by atoms with Gasteiger partial charge in [-0.25, -0.2) is 9.97 Å². The van der Waals surface area contributed by atoms with Crippen LogP contribution in [0.3, 0.4) is 0 Å². The van der Waals surface area contributed by atoms with E-state index in [-0.39, 0.29) is 12.4 Å². The molecule has 0 unspecified atom stereocenters. The number of para-hydroxylation sites is 1. The molecule has 19 heavy (non-hydrogen) atoms. The van der Waals surface area contributed by atoms with Crippen molar-refractivity contribution in [3.63, 3.8) is 0 Å². The first-order valence-electron chi connectivity index (χ1n) is 6.32. The highest BCUT2D eigenvalue weighted by molar-refractivity contribution is 5.34. The number of nitrogens with zero attached hydrogens (tertiary/aromatic N) is 2. The summed E-state index contributed by atoms with van der Waals surface area (Å²) in [5, 5.41) is 18.8. The normalized spacial score (nSPS) is 10.7. The number of aryl methyl sites for hydroxylation is 2. The van der Waals surface area contributed by atoms with E-state index in [1.807, 2.05) is 26.0 Å². The minimum Gasteiger partial charge on any atom is -0.508 e. The first-order valence-corrected chi connectivity index (χ1v) is 6.32. The van der Waals surface area contributed by atoms with E-state index >= 15 is 0 Å². The molecule has 0 aliphatic heterocycles. The standard InChI is InChI=1S/C15H18N2O2/c1-10-13(7-8-18)11(2)17-15(16-10)9-12-5-3-4-6-14(12)19/h3-6,18-19H,7-9H2,1-2H3. The molecule has 100 valence electrons. The number of aromatic nitrogens is 2. The van der Waals surface area contributed by atoms with Crippen LogP contribution >= 0.6 is 0 Å². The predicted molar refractivity (Wildman–Crippen MR) is 73.2 cm³/mol. The summed E-state index contributed by atoms with van der Waals surface area (Å²) in [5.41, 5.74) is 3.61. The molecule has 1 aromatic carbocycles. The van der Waals surface area contributed by atoms with Gasteiger partial charge in [-0.15, -0.1) is 0 Å². The second kappa shape index (κ2) is 5.80. The van der Waals surface area contributed by atoms with Crippen molar-refractivity contribution in [3.05, 3.63) is 52.6 Å². The van der Waals surface area contributed by atoms with E-state index in [2.05, 4.69) is 9.97 Å². The van der Waals surface area contributed by atoms with Gasteiger partial charge in [-0.05, 0) is 31.9 Å². The quantitative estimate of drug-likeness (QED) is 0.879. The molecule has 0 aliphatic carbocycles. The topological polar surface area (TPSA) is 66.2 Å². The highest BCUT2D eigenvalue weighted by atomic mass is 16.3. The molecule has 0 radical (unpaired) electrons. The number of phenols is 1. The average Bonchev–Trinajstić information content (AvgIpc) is 2.37. The molecule has 2 aromatic rings. The highest BCUT2D eigenvalue weighted by Gasteiger charge is 2.10. The van der Waals surface area contributed by atoms with Gasteiger partial charge in [-0.2, -0.15) is 0 Å². The van der Waals surface area contributed by atoms with Gasteiger partial charge < -0.3 is 10.2 Å². The lowest BCUT2D eigenvalue weighted by Crippen LogP contribution is -2.07. The van der Waals surface area contributed by atoms with Crippen LogP contribution in [-0.2, 0) is 12.8 Å². The van der Waals surface area contributed by atoms with Crippen molar-refractivity contribution >= 4 is 0 Å². The number of benzene rings is 1. The molecule has 0 fully saturated rings. The number of rotatable bonds is 4. The predicted octanol–water partition coefficient (Wildman–Crippen LogP) is 1.92. The van der Waals surface area contributed by atoms with E-state index in [4.69, 9.17) is 5.11 Å². The Balaban J connectivity index is 2.30. The Labute approximate surface area is 112 Å². The van der Waals surface area contributed by atoms with Gasteiger partial charge in [0.15, 0.2) is 0 Å². The first kappa shape index (κ1) is 13.5. The lowest BCUT2D eigenvalue weighted by Gasteiger charge is -2.10. The maximum atomic E-state index is 9.76. The third kappa shape index (κ3) is 3.09. The van der Waals surface area contributed by atoms with Crippen LogP contribution in [0.1, 0.15) is 28.3 Å². The van der Waals surface area contributed by atoms with Gasteiger partial charge in [0.1, 0.15) is 11.6 Å². The molecule has 0 saturated heterocycles. The number of aliphatic hydroxyl groups is 1. The second-order valence-electron chi connectivity index (χ2n) is 4.57. The molecule has 1 heterocycles. The fourth-order valence-corrected chi connectivity index (χ4v) is 2.19. The summed E-state index contributed by atoms with van der Waals surface area (Å²) in [7, 11) is 0. The van der Waals surface area contributed by atoms with Gasteiger partial charge in [-0.1, -0.05) is 18.2 Å². The average molecular weight is 258 g/mol. The van der Waals surface area contributed by atoms with Crippen LogP contribution < -0.4 is 0 Å². The van der Waals surface area contributed by atoms with Crippen LogP contribution in [0.15, 0.2) is 24.3 Å². The van der Waals surface area contributed by atoms with E-state index in [0.717, 1.165) is 22.5 Å². The van der Waals surface area contributed by atoms with Crippen LogP contribution in [0.4, 0.5) is 0 Å². The molecule has 0 atom stereocenters. The Morgan fingerprint density at radius 2 is 1.68 bits per heavy atom. The summed E-state index contributed by atoms with van der Waals surface area (Å²) in [6.07, 6.45) is 1.09. The number of aromatic hydroxyl groups is 1. The molecule has 0 spiro atoms. The summed E-state index contributed by atoms with van der Waals surface area (Å²) in [4.78, 5) is 8.91. The van der Waals surface area contributed by atoms with E-state index in [1.54, 1.807) is 12.1 Å². The summed E-state index contributed by atoms with van der Waals surface area (Å²) in [6, 6.07) is 7.20. The summed E-state index contributed by atoms with van der Waals surface area (Å²) < 4.78 is 0. The zero-order valence-corrected chi connectivity index (χ0v) is 11.2. The van der Waals surface area contributed by atoms with E-state index in [9.17, 15) is 5.11 Å². The van der Waals surface area contributed by atoms with Gasteiger partial charge >= 0.3 is 0 Å². The monoisotopic (exact) mass is 258 g/mol. The molecule has 2 rings (SSSR count). The minimum atomic E-state index is 0.101. The van der Waals surface area contributed by atoms with Crippen molar-refractivity contribution in [1.82, 2.24) is 9.97 Å². The number of phenolic OH excluding ortho intramolecular Hbond substituents is 1. The van der Waals surface area contributed by atoms with Crippen molar-refractivity contribution in [1.29, 1.82) is 0 Å². The van der Waals surface area contributed by atoms with E-state index < -0.39 is 0 Å². The van der Waals surface area contributed by atoms with E-state index in [0.29, 0.717) is 18.7 Å². The fourth-order valence-electron chi connectivity index (χ4n) is 2.19. The number of hydrogen-bond donors (Lipinski definition) is 2. The Morgan fingerprint density at radius 3 is 2.26 bits per heavy atom. The lowest BCUT2D eigenvalue weighted by atomic mass is 10.1. The van der Waals surface area contributed by atoms with Gasteiger partial charge in [0.2, 0.25) is 0 Å². The summed E-state index contributed by atoms with van der Waals surface area (Å²) >= 11 is 0. The lowest BCUT2D eigenvalue weighted by molar-refractivity contribution is 0.298. The molecule has 4 nitrogen and oxygen atoms in total. The molecule has 0 bridgehead atoms. The van der Waals surface area contributed by atoms with Crippen LogP contribution in [0.2, 0.25) is 0 Å². The maximum absolute atomic E-state index is 9.76.